The van der Waals surface area contributed by atoms with Crippen molar-refractivity contribution < 1.29 is 9.90 Å². The summed E-state index contributed by atoms with van der Waals surface area (Å²) in [4.78, 5) is 33.7. The average Bonchev–Trinajstić information content (AvgIpc) is 3.59. The van der Waals surface area contributed by atoms with Gasteiger partial charge in [0.05, 0.1) is 23.4 Å². The van der Waals surface area contributed by atoms with Crippen LogP contribution in [-0.2, 0) is 24.2 Å². The van der Waals surface area contributed by atoms with Gasteiger partial charge in [0.15, 0.2) is 5.52 Å². The second-order valence-corrected chi connectivity index (χ2v) is 12.2. The molecule has 2 N–H and O–H groups in total. The van der Waals surface area contributed by atoms with E-state index in [1.165, 1.54) is 33.6 Å². The molecule has 1 aliphatic carbocycles. The minimum absolute atomic E-state index is 0.0988. The van der Waals surface area contributed by atoms with E-state index >= 15 is 0 Å². The molecule has 3 heterocycles. The molecule has 1 amide bonds. The third-order valence-corrected chi connectivity index (χ3v) is 9.51. The van der Waals surface area contributed by atoms with Gasteiger partial charge in [-0.15, -0.1) is 0 Å². The predicted octanol–water partition coefficient (Wildman–Crippen LogP) is 3.75. The van der Waals surface area contributed by atoms with Crippen LogP contribution in [0, 0.1) is 0 Å². The zero-order valence-corrected chi connectivity index (χ0v) is 23.8. The van der Waals surface area contributed by atoms with E-state index in [-0.39, 0.29) is 23.9 Å². The van der Waals surface area contributed by atoms with E-state index < -0.39 is 5.60 Å². The lowest BCUT2D eigenvalue weighted by molar-refractivity contribution is -0.136. The van der Waals surface area contributed by atoms with Crippen LogP contribution in [0.5, 0.6) is 0 Å². The Morgan fingerprint density at radius 2 is 1.88 bits per heavy atom. The molecular weight excluding hydrogens is 522 g/mol. The number of nitrogens with one attached hydrogen (secondary N) is 1. The fourth-order valence-electron chi connectivity index (χ4n) is 6.06. The summed E-state index contributed by atoms with van der Waals surface area (Å²) in [5.41, 5.74) is 4.49. The van der Waals surface area contributed by atoms with Gasteiger partial charge in [0, 0.05) is 25.6 Å². The number of piperidine rings is 1. The van der Waals surface area contributed by atoms with Crippen molar-refractivity contribution in [1.82, 2.24) is 24.1 Å². The molecule has 2 aromatic carbocycles. The second-order valence-electron chi connectivity index (χ2n) is 11.4. The van der Waals surface area contributed by atoms with Crippen molar-refractivity contribution in [2.24, 2.45) is 0 Å². The molecule has 1 aliphatic heterocycles. The number of fused-ring (bicyclic) bond motifs is 2. The zero-order valence-electron chi connectivity index (χ0n) is 23.0. The monoisotopic (exact) mass is 557 g/mol. The molecule has 40 heavy (non-hydrogen) atoms. The molecule has 8 nitrogen and oxygen atoms in total. The van der Waals surface area contributed by atoms with E-state index in [1.807, 2.05) is 42.3 Å². The van der Waals surface area contributed by atoms with Gasteiger partial charge in [-0.1, -0.05) is 49.4 Å². The number of amides is 1. The first-order chi connectivity index (χ1) is 19.3. The molecule has 2 aliphatic rings. The summed E-state index contributed by atoms with van der Waals surface area (Å²) >= 11 is 1.29. The highest BCUT2D eigenvalue weighted by Gasteiger charge is 2.35. The molecule has 1 fully saturated rings. The van der Waals surface area contributed by atoms with Crippen molar-refractivity contribution in [3.63, 3.8) is 0 Å². The maximum atomic E-state index is 13.4. The Balaban J connectivity index is 1.13. The zero-order chi connectivity index (χ0) is 27.9. The number of likely N-dealkylation sites (tertiary alicyclic amines) is 1. The second kappa shape index (κ2) is 10.9. The minimum Gasteiger partial charge on any atom is -0.388 e. The van der Waals surface area contributed by atoms with Crippen LogP contribution >= 0.6 is 11.5 Å². The average molecular weight is 558 g/mol. The number of likely N-dealkylation sites (N-methyl/N-ethyl adjacent to an activating group) is 1. The first-order valence-electron chi connectivity index (χ1n) is 14.0. The van der Waals surface area contributed by atoms with E-state index in [4.69, 9.17) is 0 Å². The first kappa shape index (κ1) is 26.8. The molecule has 0 radical (unpaired) electrons. The highest BCUT2D eigenvalue weighted by atomic mass is 32.1. The normalized spacial score (nSPS) is 19.1. The maximum absolute atomic E-state index is 13.4. The summed E-state index contributed by atoms with van der Waals surface area (Å²) in [6, 6.07) is 17.0. The highest BCUT2D eigenvalue weighted by molar-refractivity contribution is 7.11. The van der Waals surface area contributed by atoms with Crippen LogP contribution in [0.1, 0.15) is 48.8 Å². The van der Waals surface area contributed by atoms with Crippen LogP contribution in [-0.4, -0.2) is 61.6 Å². The molecule has 4 aromatic rings. The Bertz CT molecular complexity index is 1590. The van der Waals surface area contributed by atoms with Gasteiger partial charge >= 0.3 is 0 Å². The Morgan fingerprint density at radius 1 is 1.12 bits per heavy atom. The van der Waals surface area contributed by atoms with E-state index in [1.54, 1.807) is 0 Å². The number of carbonyl (C=O) groups excluding carboxylic acids is 1. The summed E-state index contributed by atoms with van der Waals surface area (Å²) in [5, 5.41) is 14.7. The summed E-state index contributed by atoms with van der Waals surface area (Å²) in [6.45, 7) is 3.13. The summed E-state index contributed by atoms with van der Waals surface area (Å²) in [7, 11) is 2.00. The van der Waals surface area contributed by atoms with E-state index in [9.17, 15) is 14.7 Å². The summed E-state index contributed by atoms with van der Waals surface area (Å²) in [6.07, 6.45) is 4.81. The number of aromatic nitrogens is 3. The molecule has 6 rings (SSSR count). The van der Waals surface area contributed by atoms with Gasteiger partial charge in [0.2, 0.25) is 5.91 Å². The van der Waals surface area contributed by atoms with Crippen LogP contribution in [0.2, 0.25) is 0 Å². The third kappa shape index (κ3) is 5.21. The van der Waals surface area contributed by atoms with E-state index in [0.29, 0.717) is 49.4 Å². The van der Waals surface area contributed by atoms with Crippen LogP contribution < -0.4 is 10.9 Å². The van der Waals surface area contributed by atoms with Crippen LogP contribution in [0.3, 0.4) is 0 Å². The van der Waals surface area contributed by atoms with Gasteiger partial charge in [0.25, 0.3) is 5.56 Å². The molecule has 2 unspecified atom stereocenters. The Hall–Kier alpha value is -3.40. The topological polar surface area (TPSA) is 100 Å². The minimum atomic E-state index is -1.08. The first-order valence-corrected chi connectivity index (χ1v) is 14.8. The van der Waals surface area contributed by atoms with Gasteiger partial charge in [-0.25, -0.2) is 4.98 Å². The van der Waals surface area contributed by atoms with Gasteiger partial charge in [-0.3, -0.25) is 14.2 Å². The van der Waals surface area contributed by atoms with Gasteiger partial charge in [-0.2, -0.15) is 4.37 Å². The van der Waals surface area contributed by atoms with Crippen molar-refractivity contribution in [2.45, 2.75) is 63.1 Å². The third-order valence-electron chi connectivity index (χ3n) is 8.63. The summed E-state index contributed by atoms with van der Waals surface area (Å²) < 4.78 is 5.96. The number of hydrogen-bond acceptors (Lipinski definition) is 7. The lowest BCUT2D eigenvalue weighted by Crippen LogP contribution is -2.49. The van der Waals surface area contributed by atoms with Crippen molar-refractivity contribution >= 4 is 28.5 Å². The van der Waals surface area contributed by atoms with Gasteiger partial charge in [0.1, 0.15) is 5.52 Å². The SMILES string of the molecule is CNC1Cc2ccc(-c3snc4c(=O)n(CC5(O)CCN(C(=O)CC(C)c6ccccc6)CC5)cnc34)cc2C1. The number of hydrogen-bond donors (Lipinski definition) is 2. The standard InChI is InChI=1S/C31H35N5O3S/c1-20(21-6-4-3-5-7-21)14-26(37)35-12-10-31(39,11-13-35)18-36-19-33-27-28(30(36)38)34-40-29(27)23-9-8-22-16-25(32-2)17-24(22)15-23/h3-9,15,19-20,25,32,39H,10-14,16-18H2,1-2H3. The van der Waals surface area contributed by atoms with Gasteiger partial charge < -0.3 is 15.3 Å². The highest BCUT2D eigenvalue weighted by Crippen LogP contribution is 2.34. The Labute approximate surface area is 237 Å². The van der Waals surface area contributed by atoms with Crippen molar-refractivity contribution in [2.75, 3.05) is 20.1 Å². The fourth-order valence-corrected chi connectivity index (χ4v) is 6.88. The molecule has 9 heteroatoms. The van der Waals surface area contributed by atoms with E-state index in [0.717, 1.165) is 28.8 Å². The molecule has 0 spiro atoms. The number of aliphatic hydroxyl groups is 1. The molecule has 208 valence electrons. The molecule has 1 saturated heterocycles. The van der Waals surface area contributed by atoms with Crippen LogP contribution in [0.4, 0.5) is 0 Å². The lowest BCUT2D eigenvalue weighted by atomic mass is 9.90. The quantitative estimate of drug-likeness (QED) is 0.359. The molecule has 0 bridgehead atoms. The maximum Gasteiger partial charge on any atom is 0.281 e. The van der Waals surface area contributed by atoms with Crippen LogP contribution in [0.15, 0.2) is 59.7 Å². The molecule has 0 saturated carbocycles. The largest absolute Gasteiger partial charge is 0.388 e. The molecule has 2 atom stereocenters. The van der Waals surface area contributed by atoms with Gasteiger partial charge in [-0.05, 0) is 78.5 Å². The summed E-state index contributed by atoms with van der Waals surface area (Å²) in [5.74, 6) is 0.234. The number of benzene rings is 2. The fraction of sp³-hybridized carbons (Fsp3) is 0.419. The Morgan fingerprint density at radius 3 is 2.62 bits per heavy atom. The number of carbonyl (C=O) groups is 1. The molecular formula is C31H35N5O3S. The van der Waals surface area contributed by atoms with Crippen LogP contribution in [0.25, 0.3) is 21.5 Å². The predicted molar refractivity (Wildman–Crippen MR) is 158 cm³/mol. The van der Waals surface area contributed by atoms with Crippen molar-refractivity contribution in [3.05, 3.63) is 81.9 Å². The number of rotatable bonds is 7. The smallest absolute Gasteiger partial charge is 0.281 e. The molecule has 2 aromatic heterocycles. The van der Waals surface area contributed by atoms with Crippen molar-refractivity contribution in [3.8, 4) is 10.4 Å². The number of nitrogens with zero attached hydrogens (tertiary/aromatic N) is 4. The lowest BCUT2D eigenvalue weighted by Gasteiger charge is -2.38. The van der Waals surface area contributed by atoms with E-state index in [2.05, 4.69) is 39.8 Å². The Kier molecular flexibility index (Phi) is 7.29. The van der Waals surface area contributed by atoms with Crippen molar-refractivity contribution in [1.29, 1.82) is 0 Å².